The van der Waals surface area contributed by atoms with E-state index in [2.05, 4.69) is 0 Å². The van der Waals surface area contributed by atoms with Gasteiger partial charge in [-0.3, -0.25) is 0 Å². The summed E-state index contributed by atoms with van der Waals surface area (Å²) in [5.74, 6) is 0.549. The predicted octanol–water partition coefficient (Wildman–Crippen LogP) is 3.93. The molecule has 114 valence electrons. The molecule has 4 nitrogen and oxygen atoms in total. The number of nitrogens with zero attached hydrogens (tertiary/aromatic N) is 1. The number of rotatable bonds is 6. The Morgan fingerprint density at radius 2 is 2.14 bits per heavy atom. The van der Waals surface area contributed by atoms with Gasteiger partial charge >= 0.3 is 0 Å². The molecule has 0 unspecified atom stereocenters. The first-order valence-electron chi connectivity index (χ1n) is 6.79. The van der Waals surface area contributed by atoms with Crippen molar-refractivity contribution in [2.75, 3.05) is 6.61 Å². The summed E-state index contributed by atoms with van der Waals surface area (Å²) in [6.45, 7) is 5.02. The minimum absolute atomic E-state index is 0.0929. The zero-order valence-electron chi connectivity index (χ0n) is 12.0. The van der Waals surface area contributed by atoms with Crippen molar-refractivity contribution in [3.63, 3.8) is 0 Å². The second-order valence-electron chi connectivity index (χ2n) is 4.65. The van der Waals surface area contributed by atoms with Crippen LogP contribution in [-0.4, -0.2) is 19.6 Å². The third-order valence-electron chi connectivity index (χ3n) is 3.10. The summed E-state index contributed by atoms with van der Waals surface area (Å²) in [7, 11) is 1.74. The molecular weight excluding hydrogens is 310 g/mol. The van der Waals surface area contributed by atoms with Crippen LogP contribution < -0.4 is 4.74 Å². The van der Waals surface area contributed by atoms with Crippen LogP contribution in [0.15, 0.2) is 41.4 Å². The predicted molar refractivity (Wildman–Crippen MR) is 85.6 cm³/mol. The maximum absolute atomic E-state index is 11.8. The van der Waals surface area contributed by atoms with Crippen LogP contribution in [0.3, 0.4) is 0 Å². The average molecular weight is 328 g/mol. The van der Waals surface area contributed by atoms with Crippen LogP contribution >= 0.6 is 10.7 Å². The van der Waals surface area contributed by atoms with Crippen molar-refractivity contribution in [2.45, 2.75) is 31.7 Å². The summed E-state index contributed by atoms with van der Waals surface area (Å²) in [6.07, 6.45) is 6.27. The summed E-state index contributed by atoms with van der Waals surface area (Å²) < 4.78 is 31.2. The van der Waals surface area contributed by atoms with Crippen molar-refractivity contribution in [1.29, 1.82) is 0 Å². The summed E-state index contributed by atoms with van der Waals surface area (Å²) in [4.78, 5) is 0.0929. The van der Waals surface area contributed by atoms with Gasteiger partial charge in [0.05, 0.1) is 17.5 Å². The number of hydrogen-bond donors (Lipinski definition) is 0. The highest BCUT2D eigenvalue weighted by Crippen LogP contribution is 2.35. The largest absolute Gasteiger partial charge is 0.493 e. The van der Waals surface area contributed by atoms with Gasteiger partial charge in [0.1, 0.15) is 10.6 Å². The van der Waals surface area contributed by atoms with E-state index in [1.165, 1.54) is 0 Å². The Hall–Kier alpha value is -1.46. The first kappa shape index (κ1) is 15.9. The Kier molecular flexibility index (Phi) is 4.96. The molecule has 0 aliphatic heterocycles. The van der Waals surface area contributed by atoms with E-state index >= 15 is 0 Å². The summed E-state index contributed by atoms with van der Waals surface area (Å²) in [5, 5.41) is 0.547. The van der Waals surface area contributed by atoms with Crippen LogP contribution in [0.4, 0.5) is 0 Å². The minimum Gasteiger partial charge on any atom is -0.493 e. The topological polar surface area (TPSA) is 48.3 Å². The third-order valence-corrected chi connectivity index (χ3v) is 4.43. The first-order valence-corrected chi connectivity index (χ1v) is 9.10. The summed E-state index contributed by atoms with van der Waals surface area (Å²) in [6, 6.07) is 5.48. The monoisotopic (exact) mass is 327 g/mol. The molecule has 0 aliphatic carbocycles. The van der Waals surface area contributed by atoms with E-state index in [9.17, 15) is 8.42 Å². The standard InChI is InChI=1S/C15H18ClNO3S/c1-3-5-9-17-11-14(21(16,18)19)15-12(17)7-6-8-13(15)20-10-4-2/h3,5-8,11H,4,9-10H2,1-2H3/b5-3+. The average Bonchev–Trinajstić information content (AvgIpc) is 2.82. The molecule has 1 aromatic carbocycles. The first-order chi connectivity index (χ1) is 9.99. The van der Waals surface area contributed by atoms with Gasteiger partial charge in [-0.15, -0.1) is 0 Å². The van der Waals surface area contributed by atoms with Crippen molar-refractivity contribution < 1.29 is 13.2 Å². The molecule has 0 radical (unpaired) electrons. The lowest BCUT2D eigenvalue weighted by molar-refractivity contribution is 0.321. The molecule has 2 rings (SSSR count). The zero-order valence-corrected chi connectivity index (χ0v) is 13.6. The molecule has 2 aromatic rings. The van der Waals surface area contributed by atoms with Crippen molar-refractivity contribution >= 4 is 30.6 Å². The highest BCUT2D eigenvalue weighted by atomic mass is 35.7. The summed E-state index contributed by atoms with van der Waals surface area (Å²) >= 11 is 0. The number of aromatic nitrogens is 1. The molecule has 0 saturated heterocycles. The molecule has 0 atom stereocenters. The lowest BCUT2D eigenvalue weighted by atomic mass is 10.2. The fourth-order valence-corrected chi connectivity index (χ4v) is 3.22. The number of halogens is 1. The van der Waals surface area contributed by atoms with Crippen LogP contribution in [0.1, 0.15) is 20.3 Å². The van der Waals surface area contributed by atoms with Crippen molar-refractivity contribution in [1.82, 2.24) is 4.57 Å². The van der Waals surface area contributed by atoms with Crippen molar-refractivity contribution in [2.24, 2.45) is 0 Å². The van der Waals surface area contributed by atoms with Crippen LogP contribution in [-0.2, 0) is 15.6 Å². The molecule has 0 aliphatic rings. The molecule has 0 bridgehead atoms. The molecule has 0 fully saturated rings. The Morgan fingerprint density at radius 1 is 1.38 bits per heavy atom. The molecule has 0 amide bonds. The lowest BCUT2D eigenvalue weighted by Gasteiger charge is -2.07. The van der Waals surface area contributed by atoms with Gasteiger partial charge in [0.15, 0.2) is 0 Å². The third kappa shape index (κ3) is 3.41. The van der Waals surface area contributed by atoms with Crippen molar-refractivity contribution in [3.8, 4) is 5.75 Å². The van der Waals surface area contributed by atoms with Gasteiger partial charge in [0, 0.05) is 23.4 Å². The molecule has 0 N–H and O–H groups in total. The Labute approximate surface area is 129 Å². The van der Waals surface area contributed by atoms with Gasteiger partial charge in [-0.1, -0.05) is 25.1 Å². The zero-order chi connectivity index (χ0) is 15.5. The number of fused-ring (bicyclic) bond motifs is 1. The van der Waals surface area contributed by atoms with E-state index in [0.717, 1.165) is 11.9 Å². The van der Waals surface area contributed by atoms with Gasteiger partial charge in [0.2, 0.25) is 0 Å². The molecule has 21 heavy (non-hydrogen) atoms. The van der Waals surface area contributed by atoms with Crippen LogP contribution in [0.2, 0.25) is 0 Å². The van der Waals surface area contributed by atoms with E-state index in [4.69, 9.17) is 15.4 Å². The van der Waals surface area contributed by atoms with Gasteiger partial charge in [-0.2, -0.15) is 0 Å². The smallest absolute Gasteiger partial charge is 0.263 e. The van der Waals surface area contributed by atoms with Gasteiger partial charge in [-0.05, 0) is 25.5 Å². The molecule has 1 aromatic heterocycles. The number of benzene rings is 1. The maximum atomic E-state index is 11.8. The second kappa shape index (κ2) is 6.54. The molecular formula is C15H18ClNO3S. The van der Waals surface area contributed by atoms with E-state index in [1.54, 1.807) is 12.3 Å². The lowest BCUT2D eigenvalue weighted by Crippen LogP contribution is -1.97. The highest BCUT2D eigenvalue weighted by Gasteiger charge is 2.21. The molecule has 0 saturated carbocycles. The van der Waals surface area contributed by atoms with E-state index in [1.807, 2.05) is 42.7 Å². The van der Waals surface area contributed by atoms with Gasteiger partial charge < -0.3 is 9.30 Å². The summed E-state index contributed by atoms with van der Waals surface area (Å²) in [5.41, 5.74) is 0.793. The Bertz CT molecular complexity index is 763. The SMILES string of the molecule is C/C=C/Cn1cc(S(=O)(=O)Cl)c2c(OCCC)cccc21. The fourth-order valence-electron chi connectivity index (χ4n) is 2.17. The van der Waals surface area contributed by atoms with Gasteiger partial charge in [-0.25, -0.2) is 8.42 Å². The Morgan fingerprint density at radius 3 is 2.76 bits per heavy atom. The van der Waals surface area contributed by atoms with Gasteiger partial charge in [0.25, 0.3) is 9.05 Å². The van der Waals surface area contributed by atoms with Crippen molar-refractivity contribution in [3.05, 3.63) is 36.5 Å². The van der Waals surface area contributed by atoms with Crippen LogP contribution in [0.5, 0.6) is 5.75 Å². The molecule has 6 heteroatoms. The quantitative estimate of drug-likeness (QED) is 0.596. The second-order valence-corrected chi connectivity index (χ2v) is 7.19. The van der Waals surface area contributed by atoms with E-state index in [0.29, 0.717) is 24.3 Å². The molecule has 1 heterocycles. The number of allylic oxidation sites excluding steroid dienone is 2. The van der Waals surface area contributed by atoms with E-state index < -0.39 is 9.05 Å². The maximum Gasteiger partial charge on any atom is 0.263 e. The fraction of sp³-hybridized carbons (Fsp3) is 0.333. The normalized spacial score (nSPS) is 12.3. The Balaban J connectivity index is 2.69. The highest BCUT2D eigenvalue weighted by molar-refractivity contribution is 8.14. The molecule has 0 spiro atoms. The number of ether oxygens (including phenoxy) is 1. The minimum atomic E-state index is -3.83. The van der Waals surface area contributed by atoms with Crippen LogP contribution in [0.25, 0.3) is 10.9 Å². The van der Waals surface area contributed by atoms with E-state index in [-0.39, 0.29) is 4.90 Å². The number of hydrogen-bond acceptors (Lipinski definition) is 3. The van der Waals surface area contributed by atoms with Crippen LogP contribution in [0, 0.1) is 0 Å².